The zero-order valence-corrected chi connectivity index (χ0v) is 17.9. The van der Waals surface area contributed by atoms with Crippen LogP contribution in [0.25, 0.3) is 0 Å². The van der Waals surface area contributed by atoms with Gasteiger partial charge in [-0.25, -0.2) is 0 Å². The van der Waals surface area contributed by atoms with E-state index in [-0.39, 0.29) is 18.4 Å². The lowest BCUT2D eigenvalue weighted by Gasteiger charge is -2.12. The molecule has 0 saturated carbocycles. The third-order valence-corrected chi connectivity index (χ3v) is 4.76. The van der Waals surface area contributed by atoms with E-state index >= 15 is 0 Å². The van der Waals surface area contributed by atoms with Crippen LogP contribution < -0.4 is 20.1 Å². The standard InChI is InChI=1S/C23H21BrN2O4/c1-29-19-12-6-16(7-13-19)14-25-23(28)20-4-2-3-5-21(20)30-15-22(27)26-18-10-8-17(24)9-11-18/h2-13H,14-15H2,1H3,(H,25,28)(H,26,27). The van der Waals surface area contributed by atoms with Gasteiger partial charge in [0.2, 0.25) is 0 Å². The molecule has 0 atom stereocenters. The van der Waals surface area contributed by atoms with Gasteiger partial charge in [0.25, 0.3) is 11.8 Å². The van der Waals surface area contributed by atoms with Gasteiger partial charge in [0.05, 0.1) is 12.7 Å². The van der Waals surface area contributed by atoms with Gasteiger partial charge in [-0.15, -0.1) is 0 Å². The Balaban J connectivity index is 1.56. The van der Waals surface area contributed by atoms with Crippen molar-refractivity contribution in [1.82, 2.24) is 5.32 Å². The van der Waals surface area contributed by atoms with Gasteiger partial charge in [-0.2, -0.15) is 0 Å². The number of hydrogen-bond acceptors (Lipinski definition) is 4. The van der Waals surface area contributed by atoms with Gasteiger partial charge in [0.15, 0.2) is 6.61 Å². The molecule has 3 aromatic rings. The minimum atomic E-state index is -0.314. The van der Waals surface area contributed by atoms with Gasteiger partial charge in [0, 0.05) is 16.7 Å². The monoisotopic (exact) mass is 468 g/mol. The minimum absolute atomic E-state index is 0.209. The van der Waals surface area contributed by atoms with Crippen LogP contribution in [0.2, 0.25) is 0 Å². The molecule has 0 aliphatic rings. The van der Waals surface area contributed by atoms with Gasteiger partial charge in [-0.05, 0) is 54.1 Å². The number of halogens is 1. The van der Waals surface area contributed by atoms with Gasteiger partial charge in [-0.1, -0.05) is 40.2 Å². The number of rotatable bonds is 8. The second-order valence-electron chi connectivity index (χ2n) is 6.37. The number of benzene rings is 3. The molecular weight excluding hydrogens is 448 g/mol. The average Bonchev–Trinajstić information content (AvgIpc) is 2.78. The highest BCUT2D eigenvalue weighted by molar-refractivity contribution is 9.10. The smallest absolute Gasteiger partial charge is 0.262 e. The predicted molar refractivity (Wildman–Crippen MR) is 119 cm³/mol. The lowest BCUT2D eigenvalue weighted by atomic mass is 10.1. The van der Waals surface area contributed by atoms with Crippen molar-refractivity contribution in [2.24, 2.45) is 0 Å². The maximum atomic E-state index is 12.6. The minimum Gasteiger partial charge on any atom is -0.497 e. The van der Waals surface area contributed by atoms with Crippen LogP contribution in [-0.4, -0.2) is 25.5 Å². The Kier molecular flexibility index (Phi) is 7.45. The summed E-state index contributed by atoms with van der Waals surface area (Å²) in [6.07, 6.45) is 0. The number of methoxy groups -OCH3 is 1. The fourth-order valence-corrected chi connectivity index (χ4v) is 2.94. The van der Waals surface area contributed by atoms with Gasteiger partial charge >= 0.3 is 0 Å². The number of carbonyl (C=O) groups is 2. The Labute approximate surface area is 183 Å². The van der Waals surface area contributed by atoms with E-state index in [1.54, 1.807) is 43.5 Å². The molecular formula is C23H21BrN2O4. The van der Waals surface area contributed by atoms with Crippen molar-refractivity contribution < 1.29 is 19.1 Å². The van der Waals surface area contributed by atoms with Crippen LogP contribution in [0, 0.1) is 0 Å². The van der Waals surface area contributed by atoms with Crippen LogP contribution in [0.5, 0.6) is 11.5 Å². The molecule has 3 aromatic carbocycles. The molecule has 6 nitrogen and oxygen atoms in total. The number of carbonyl (C=O) groups excluding carboxylic acids is 2. The van der Waals surface area contributed by atoms with E-state index in [1.807, 2.05) is 36.4 Å². The number of ether oxygens (including phenoxy) is 2. The summed E-state index contributed by atoms with van der Waals surface area (Å²) in [6, 6.07) is 21.5. The number of anilines is 1. The molecule has 0 radical (unpaired) electrons. The first-order chi connectivity index (χ1) is 14.5. The van der Waals surface area contributed by atoms with Crippen molar-refractivity contribution in [2.45, 2.75) is 6.54 Å². The van der Waals surface area contributed by atoms with Crippen LogP contribution in [0.3, 0.4) is 0 Å². The quantitative estimate of drug-likeness (QED) is 0.513. The molecule has 0 aliphatic heterocycles. The van der Waals surface area contributed by atoms with E-state index in [4.69, 9.17) is 9.47 Å². The summed E-state index contributed by atoms with van der Waals surface area (Å²) in [5, 5.41) is 5.61. The number of amides is 2. The summed E-state index contributed by atoms with van der Waals surface area (Å²) in [5.41, 5.74) is 1.97. The average molecular weight is 469 g/mol. The molecule has 0 spiro atoms. The van der Waals surface area contributed by atoms with E-state index in [0.717, 1.165) is 15.8 Å². The second-order valence-corrected chi connectivity index (χ2v) is 7.29. The Morgan fingerprint density at radius 1 is 0.933 bits per heavy atom. The van der Waals surface area contributed by atoms with Crippen molar-refractivity contribution in [1.29, 1.82) is 0 Å². The second kappa shape index (κ2) is 10.5. The van der Waals surface area contributed by atoms with Gasteiger partial charge < -0.3 is 20.1 Å². The molecule has 0 heterocycles. The summed E-state index contributed by atoms with van der Waals surface area (Å²) >= 11 is 3.35. The summed E-state index contributed by atoms with van der Waals surface area (Å²) < 4.78 is 11.7. The highest BCUT2D eigenvalue weighted by Gasteiger charge is 2.13. The molecule has 0 saturated heterocycles. The van der Waals surface area contributed by atoms with Crippen LogP contribution in [-0.2, 0) is 11.3 Å². The summed E-state index contributed by atoms with van der Waals surface area (Å²) in [4.78, 5) is 24.8. The Morgan fingerprint density at radius 3 is 2.33 bits per heavy atom. The Hall–Kier alpha value is -3.32. The summed E-state index contributed by atoms with van der Waals surface area (Å²) in [5.74, 6) is 0.501. The normalized spacial score (nSPS) is 10.2. The lowest BCUT2D eigenvalue weighted by molar-refractivity contribution is -0.118. The first-order valence-electron chi connectivity index (χ1n) is 9.23. The van der Waals surface area contributed by atoms with Crippen LogP contribution >= 0.6 is 15.9 Å². The number of para-hydroxylation sites is 1. The molecule has 2 amide bonds. The van der Waals surface area contributed by atoms with Gasteiger partial charge in [-0.3, -0.25) is 9.59 Å². The molecule has 0 fully saturated rings. The van der Waals surface area contributed by atoms with E-state index in [9.17, 15) is 9.59 Å². The maximum Gasteiger partial charge on any atom is 0.262 e. The molecule has 0 unspecified atom stereocenters. The van der Waals surface area contributed by atoms with E-state index in [0.29, 0.717) is 23.5 Å². The molecule has 154 valence electrons. The summed E-state index contributed by atoms with van der Waals surface area (Å²) in [6.45, 7) is 0.153. The summed E-state index contributed by atoms with van der Waals surface area (Å²) in [7, 11) is 1.60. The highest BCUT2D eigenvalue weighted by Crippen LogP contribution is 2.19. The maximum absolute atomic E-state index is 12.6. The van der Waals surface area contributed by atoms with Crippen molar-refractivity contribution >= 4 is 33.4 Å². The molecule has 7 heteroatoms. The molecule has 0 bridgehead atoms. The van der Waals surface area contributed by atoms with Crippen molar-refractivity contribution in [3.63, 3.8) is 0 Å². The zero-order valence-electron chi connectivity index (χ0n) is 16.4. The first-order valence-corrected chi connectivity index (χ1v) is 10.0. The number of hydrogen-bond donors (Lipinski definition) is 2. The fraction of sp³-hybridized carbons (Fsp3) is 0.130. The number of nitrogens with one attached hydrogen (secondary N) is 2. The third kappa shape index (κ3) is 6.09. The fourth-order valence-electron chi connectivity index (χ4n) is 2.67. The topological polar surface area (TPSA) is 76.7 Å². The lowest BCUT2D eigenvalue weighted by Crippen LogP contribution is -2.25. The molecule has 0 aliphatic carbocycles. The molecule has 3 rings (SSSR count). The van der Waals surface area contributed by atoms with Crippen LogP contribution in [0.15, 0.2) is 77.3 Å². The predicted octanol–water partition coefficient (Wildman–Crippen LogP) is 4.41. The van der Waals surface area contributed by atoms with Crippen LogP contribution in [0.1, 0.15) is 15.9 Å². The van der Waals surface area contributed by atoms with E-state index < -0.39 is 0 Å². The van der Waals surface area contributed by atoms with Crippen molar-refractivity contribution in [2.75, 3.05) is 19.0 Å². The van der Waals surface area contributed by atoms with Gasteiger partial charge in [0.1, 0.15) is 11.5 Å². The zero-order chi connectivity index (χ0) is 21.3. The Bertz CT molecular complexity index is 1000. The molecule has 30 heavy (non-hydrogen) atoms. The van der Waals surface area contributed by atoms with Crippen LogP contribution in [0.4, 0.5) is 5.69 Å². The largest absolute Gasteiger partial charge is 0.497 e. The first kappa shape index (κ1) is 21.4. The SMILES string of the molecule is COc1ccc(CNC(=O)c2ccccc2OCC(=O)Nc2ccc(Br)cc2)cc1. The van der Waals surface area contributed by atoms with Crippen molar-refractivity contribution in [3.05, 3.63) is 88.4 Å². The molecule has 2 N–H and O–H groups in total. The Morgan fingerprint density at radius 2 is 1.63 bits per heavy atom. The van der Waals surface area contributed by atoms with Crippen molar-refractivity contribution in [3.8, 4) is 11.5 Å². The van der Waals surface area contributed by atoms with E-state index in [1.165, 1.54) is 0 Å². The third-order valence-electron chi connectivity index (χ3n) is 4.23. The van der Waals surface area contributed by atoms with E-state index in [2.05, 4.69) is 26.6 Å². The highest BCUT2D eigenvalue weighted by atomic mass is 79.9. The molecule has 0 aromatic heterocycles.